The van der Waals surface area contributed by atoms with Crippen molar-refractivity contribution in [3.05, 3.63) is 17.0 Å². The highest BCUT2D eigenvalue weighted by Gasteiger charge is 2.21. The van der Waals surface area contributed by atoms with Gasteiger partial charge in [-0.25, -0.2) is 13.1 Å². The summed E-state index contributed by atoms with van der Waals surface area (Å²) in [4.78, 5) is 1.07. The first-order valence-corrected chi connectivity index (χ1v) is 8.50. The molecule has 0 saturated heterocycles. The summed E-state index contributed by atoms with van der Waals surface area (Å²) in [5, 5.41) is 0. The van der Waals surface area contributed by atoms with Gasteiger partial charge in [0, 0.05) is 17.5 Å². The van der Waals surface area contributed by atoms with Gasteiger partial charge in [0.25, 0.3) is 0 Å². The summed E-state index contributed by atoms with van der Waals surface area (Å²) in [6.07, 6.45) is 1.61. The van der Waals surface area contributed by atoms with Gasteiger partial charge in [0.15, 0.2) is 0 Å². The number of nitrogens with two attached hydrogens (primary N) is 1. The minimum Gasteiger partial charge on any atom is -0.329 e. The fourth-order valence-corrected chi connectivity index (χ4v) is 4.31. The van der Waals surface area contributed by atoms with Crippen LogP contribution in [0.4, 0.5) is 0 Å². The first-order chi connectivity index (χ1) is 8.39. The van der Waals surface area contributed by atoms with E-state index in [9.17, 15) is 8.42 Å². The minimum absolute atomic E-state index is 0.192. The van der Waals surface area contributed by atoms with E-state index in [1.807, 2.05) is 13.0 Å². The first-order valence-electron chi connectivity index (χ1n) is 6.20. The molecule has 1 atom stereocenters. The first kappa shape index (κ1) is 15.6. The van der Waals surface area contributed by atoms with Crippen LogP contribution in [0.1, 0.15) is 32.1 Å². The van der Waals surface area contributed by atoms with Crippen LogP contribution in [-0.2, 0) is 16.4 Å². The lowest BCUT2D eigenvalue weighted by Gasteiger charge is -2.18. The summed E-state index contributed by atoms with van der Waals surface area (Å²) >= 11 is 1.32. The Balaban J connectivity index is 2.80. The molecule has 0 aliphatic carbocycles. The average molecular weight is 290 g/mol. The molecule has 1 heterocycles. The molecule has 0 aliphatic rings. The standard InChI is InChI=1S/C12H22N2O2S2/c1-4-11-5-6-12(17-11)18(15,16)14-10(8-13)7-9(2)3/h5-6,9-10,14H,4,7-8,13H2,1-3H3. The summed E-state index contributed by atoms with van der Waals surface area (Å²) in [6.45, 7) is 6.44. The Kier molecular flexibility index (Phi) is 5.78. The van der Waals surface area contributed by atoms with Crippen molar-refractivity contribution in [1.29, 1.82) is 0 Å². The molecule has 0 radical (unpaired) electrons. The molecule has 1 aromatic rings. The number of hydrogen-bond donors (Lipinski definition) is 2. The SMILES string of the molecule is CCc1ccc(S(=O)(=O)NC(CN)CC(C)C)s1. The molecule has 6 heteroatoms. The van der Waals surface area contributed by atoms with Crippen molar-refractivity contribution >= 4 is 21.4 Å². The highest BCUT2D eigenvalue weighted by molar-refractivity contribution is 7.91. The Hall–Kier alpha value is -0.430. The second-order valence-corrected chi connectivity index (χ2v) is 7.87. The Morgan fingerprint density at radius 1 is 1.39 bits per heavy atom. The normalized spacial score (nSPS) is 14.1. The molecule has 0 fully saturated rings. The van der Waals surface area contributed by atoms with Crippen molar-refractivity contribution in [3.8, 4) is 0 Å². The van der Waals surface area contributed by atoms with Crippen LogP contribution in [0.3, 0.4) is 0 Å². The van der Waals surface area contributed by atoms with Gasteiger partial charge in [0.1, 0.15) is 4.21 Å². The number of nitrogens with one attached hydrogen (secondary N) is 1. The summed E-state index contributed by atoms with van der Waals surface area (Å²) in [5.41, 5.74) is 5.61. The van der Waals surface area contributed by atoms with Crippen molar-refractivity contribution in [2.24, 2.45) is 11.7 Å². The van der Waals surface area contributed by atoms with Crippen LogP contribution in [0.2, 0.25) is 0 Å². The van der Waals surface area contributed by atoms with Crippen LogP contribution in [0, 0.1) is 5.92 Å². The van der Waals surface area contributed by atoms with E-state index in [0.29, 0.717) is 16.7 Å². The smallest absolute Gasteiger partial charge is 0.250 e. The zero-order valence-corrected chi connectivity index (χ0v) is 12.8. The molecular formula is C12H22N2O2S2. The Labute approximate surface area is 114 Å². The number of rotatable bonds is 7. The Morgan fingerprint density at radius 3 is 2.50 bits per heavy atom. The lowest BCUT2D eigenvalue weighted by molar-refractivity contribution is 0.465. The van der Waals surface area contributed by atoms with Gasteiger partial charge in [-0.2, -0.15) is 0 Å². The maximum atomic E-state index is 12.2. The number of sulfonamides is 1. The number of aryl methyl sites for hydroxylation is 1. The molecule has 18 heavy (non-hydrogen) atoms. The van der Waals surface area contributed by atoms with Gasteiger partial charge >= 0.3 is 0 Å². The quantitative estimate of drug-likeness (QED) is 0.806. The van der Waals surface area contributed by atoms with E-state index in [4.69, 9.17) is 5.73 Å². The maximum absolute atomic E-state index is 12.2. The zero-order chi connectivity index (χ0) is 13.8. The molecule has 0 saturated carbocycles. The highest BCUT2D eigenvalue weighted by Crippen LogP contribution is 2.22. The minimum atomic E-state index is -3.42. The molecule has 0 aliphatic heterocycles. The predicted octanol–water partition coefficient (Wildman–Crippen LogP) is 1.96. The van der Waals surface area contributed by atoms with Crippen LogP contribution in [0.15, 0.2) is 16.3 Å². The molecule has 1 unspecified atom stereocenters. The molecule has 1 aromatic heterocycles. The zero-order valence-electron chi connectivity index (χ0n) is 11.1. The lowest BCUT2D eigenvalue weighted by atomic mass is 10.1. The fraction of sp³-hybridized carbons (Fsp3) is 0.667. The van der Waals surface area contributed by atoms with Gasteiger partial charge in [-0.15, -0.1) is 11.3 Å². The number of thiophene rings is 1. The third-order valence-corrected chi connectivity index (χ3v) is 5.85. The van der Waals surface area contributed by atoms with Crippen molar-refractivity contribution < 1.29 is 8.42 Å². The Morgan fingerprint density at radius 2 is 2.06 bits per heavy atom. The van der Waals surface area contributed by atoms with Gasteiger partial charge < -0.3 is 5.73 Å². The van der Waals surface area contributed by atoms with Crippen LogP contribution >= 0.6 is 11.3 Å². The van der Waals surface area contributed by atoms with E-state index in [2.05, 4.69) is 18.6 Å². The molecule has 0 spiro atoms. The van der Waals surface area contributed by atoms with Crippen molar-refractivity contribution in [2.45, 2.75) is 43.9 Å². The van der Waals surface area contributed by atoms with Crippen molar-refractivity contribution in [1.82, 2.24) is 4.72 Å². The molecule has 1 rings (SSSR count). The van der Waals surface area contributed by atoms with Gasteiger partial charge in [0.05, 0.1) is 0 Å². The summed E-state index contributed by atoms with van der Waals surface area (Å²) < 4.78 is 27.4. The van der Waals surface area contributed by atoms with Crippen LogP contribution in [0.25, 0.3) is 0 Å². The predicted molar refractivity (Wildman–Crippen MR) is 76.3 cm³/mol. The maximum Gasteiger partial charge on any atom is 0.250 e. The van der Waals surface area contributed by atoms with Crippen LogP contribution in [-0.4, -0.2) is 21.0 Å². The molecule has 3 N–H and O–H groups in total. The van der Waals surface area contributed by atoms with E-state index in [0.717, 1.165) is 17.7 Å². The van der Waals surface area contributed by atoms with Crippen molar-refractivity contribution in [2.75, 3.05) is 6.54 Å². The van der Waals surface area contributed by atoms with Crippen LogP contribution < -0.4 is 10.5 Å². The monoisotopic (exact) mass is 290 g/mol. The lowest BCUT2D eigenvalue weighted by Crippen LogP contribution is -2.40. The molecule has 104 valence electrons. The van der Waals surface area contributed by atoms with E-state index in [-0.39, 0.29) is 6.04 Å². The van der Waals surface area contributed by atoms with Gasteiger partial charge in [-0.05, 0) is 30.9 Å². The summed E-state index contributed by atoms with van der Waals surface area (Å²) in [6, 6.07) is 3.33. The third-order valence-electron chi connectivity index (χ3n) is 2.61. The molecule has 4 nitrogen and oxygen atoms in total. The largest absolute Gasteiger partial charge is 0.329 e. The van der Waals surface area contributed by atoms with Crippen molar-refractivity contribution in [3.63, 3.8) is 0 Å². The second-order valence-electron chi connectivity index (χ2n) is 4.76. The average Bonchev–Trinajstić information content (AvgIpc) is 2.76. The van der Waals surface area contributed by atoms with E-state index < -0.39 is 10.0 Å². The van der Waals surface area contributed by atoms with Crippen LogP contribution in [0.5, 0.6) is 0 Å². The topological polar surface area (TPSA) is 72.2 Å². The van der Waals surface area contributed by atoms with Gasteiger partial charge in [0.2, 0.25) is 10.0 Å². The molecular weight excluding hydrogens is 268 g/mol. The number of hydrogen-bond acceptors (Lipinski definition) is 4. The van der Waals surface area contributed by atoms with E-state index >= 15 is 0 Å². The fourth-order valence-electron chi connectivity index (χ4n) is 1.73. The summed E-state index contributed by atoms with van der Waals surface area (Å²) in [5.74, 6) is 0.413. The molecule has 0 aromatic carbocycles. The second kappa shape index (κ2) is 6.65. The van der Waals surface area contributed by atoms with Gasteiger partial charge in [-0.1, -0.05) is 20.8 Å². The molecule has 0 amide bonds. The van der Waals surface area contributed by atoms with E-state index in [1.54, 1.807) is 6.07 Å². The third kappa shape index (κ3) is 4.35. The summed E-state index contributed by atoms with van der Waals surface area (Å²) in [7, 11) is -3.42. The Bertz CT molecular complexity index is 466. The molecule has 0 bridgehead atoms. The van der Waals surface area contributed by atoms with Gasteiger partial charge in [-0.3, -0.25) is 0 Å². The highest BCUT2D eigenvalue weighted by atomic mass is 32.2. The van der Waals surface area contributed by atoms with E-state index in [1.165, 1.54) is 11.3 Å².